The summed E-state index contributed by atoms with van der Waals surface area (Å²) in [4.78, 5) is 33.7. The average Bonchev–Trinajstić information content (AvgIpc) is 2.73. The predicted octanol–water partition coefficient (Wildman–Crippen LogP) is 3.53. The van der Waals surface area contributed by atoms with Crippen LogP contribution < -0.4 is 15.6 Å². The van der Waals surface area contributed by atoms with Crippen molar-refractivity contribution in [2.75, 3.05) is 5.32 Å². The first-order valence-corrected chi connectivity index (χ1v) is 9.04. The van der Waals surface area contributed by atoms with E-state index < -0.39 is 0 Å². The van der Waals surface area contributed by atoms with Gasteiger partial charge in [-0.2, -0.15) is 0 Å². The van der Waals surface area contributed by atoms with Crippen LogP contribution in [0.5, 0.6) is 11.6 Å². The van der Waals surface area contributed by atoms with Gasteiger partial charge >= 0.3 is 0 Å². The molecule has 0 atom stereocenters. The Labute approximate surface area is 166 Å². The number of hydrogen-bond acceptors (Lipinski definition) is 5. The number of benzene rings is 2. The van der Waals surface area contributed by atoms with Gasteiger partial charge in [0.2, 0.25) is 11.8 Å². The van der Waals surface area contributed by atoms with E-state index in [1.54, 1.807) is 42.6 Å². The molecule has 7 nitrogen and oxygen atoms in total. The van der Waals surface area contributed by atoms with E-state index in [0.29, 0.717) is 22.3 Å². The summed E-state index contributed by atoms with van der Waals surface area (Å²) in [6.07, 6.45) is 2.97. The minimum atomic E-state index is -0.383. The summed E-state index contributed by atoms with van der Waals surface area (Å²) < 4.78 is 7.03. The monoisotopic (exact) mass is 386 g/mol. The van der Waals surface area contributed by atoms with E-state index in [1.165, 1.54) is 10.9 Å². The van der Waals surface area contributed by atoms with Gasteiger partial charge in [-0.3, -0.25) is 14.2 Å². The highest BCUT2D eigenvalue weighted by Crippen LogP contribution is 2.26. The topological polar surface area (TPSA) is 86.1 Å². The minimum absolute atomic E-state index is 0.171. The molecule has 2 aromatic heterocycles. The van der Waals surface area contributed by atoms with Crippen molar-refractivity contribution in [1.29, 1.82) is 0 Å². The van der Waals surface area contributed by atoms with Crippen LogP contribution in [0.2, 0.25) is 0 Å². The van der Waals surface area contributed by atoms with Gasteiger partial charge in [0.1, 0.15) is 18.0 Å². The van der Waals surface area contributed by atoms with Crippen LogP contribution in [0, 0.1) is 6.92 Å². The number of ether oxygens (including phenoxy) is 1. The summed E-state index contributed by atoms with van der Waals surface area (Å²) in [6, 6.07) is 17.9. The Morgan fingerprint density at radius 3 is 2.69 bits per heavy atom. The van der Waals surface area contributed by atoms with E-state index in [4.69, 9.17) is 4.74 Å². The summed E-state index contributed by atoms with van der Waals surface area (Å²) in [5.74, 6) is 0.491. The number of fused-ring (bicyclic) bond motifs is 1. The molecule has 0 fully saturated rings. The molecule has 0 bridgehead atoms. The van der Waals surface area contributed by atoms with E-state index >= 15 is 0 Å². The van der Waals surface area contributed by atoms with Crippen LogP contribution in [0.15, 0.2) is 78.0 Å². The maximum atomic E-state index is 12.7. The third-order valence-corrected chi connectivity index (χ3v) is 4.37. The lowest BCUT2D eigenvalue weighted by Gasteiger charge is -2.12. The first-order valence-electron chi connectivity index (χ1n) is 9.04. The summed E-state index contributed by atoms with van der Waals surface area (Å²) >= 11 is 0. The second-order valence-electron chi connectivity index (χ2n) is 6.47. The Bertz CT molecular complexity index is 1240. The highest BCUT2D eigenvalue weighted by atomic mass is 16.5. The largest absolute Gasteiger partial charge is 0.437 e. The van der Waals surface area contributed by atoms with Crippen molar-refractivity contribution in [3.8, 4) is 11.6 Å². The maximum absolute atomic E-state index is 12.7. The van der Waals surface area contributed by atoms with Crippen molar-refractivity contribution in [1.82, 2.24) is 14.5 Å². The van der Waals surface area contributed by atoms with E-state index in [-0.39, 0.29) is 23.9 Å². The SMILES string of the molecule is Cc1cccc2c(=O)n(CC(=O)Nc3cccnc3Oc3ccccc3)cnc12. The number of pyridine rings is 1. The van der Waals surface area contributed by atoms with Gasteiger partial charge in [-0.25, -0.2) is 9.97 Å². The van der Waals surface area contributed by atoms with Gasteiger partial charge in [-0.1, -0.05) is 30.3 Å². The smallest absolute Gasteiger partial charge is 0.261 e. The van der Waals surface area contributed by atoms with E-state index in [9.17, 15) is 9.59 Å². The quantitative estimate of drug-likeness (QED) is 0.567. The molecular formula is C22H18N4O3. The van der Waals surface area contributed by atoms with Crippen molar-refractivity contribution in [2.45, 2.75) is 13.5 Å². The Morgan fingerprint density at radius 2 is 1.86 bits per heavy atom. The van der Waals surface area contributed by atoms with Crippen LogP contribution in [-0.2, 0) is 11.3 Å². The number of nitrogens with one attached hydrogen (secondary N) is 1. The maximum Gasteiger partial charge on any atom is 0.261 e. The van der Waals surface area contributed by atoms with Crippen LogP contribution in [0.25, 0.3) is 10.9 Å². The summed E-state index contributed by atoms with van der Waals surface area (Å²) in [5.41, 5.74) is 1.70. The zero-order valence-corrected chi connectivity index (χ0v) is 15.7. The number of nitrogens with zero attached hydrogens (tertiary/aromatic N) is 3. The number of aryl methyl sites for hydroxylation is 1. The van der Waals surface area contributed by atoms with Gasteiger partial charge in [0.15, 0.2) is 0 Å². The number of rotatable bonds is 5. The van der Waals surface area contributed by atoms with Gasteiger partial charge in [-0.15, -0.1) is 0 Å². The molecule has 4 rings (SSSR count). The molecule has 0 aliphatic rings. The van der Waals surface area contributed by atoms with Crippen LogP contribution in [0.4, 0.5) is 5.69 Å². The number of carbonyl (C=O) groups excluding carboxylic acids is 1. The number of anilines is 1. The minimum Gasteiger partial charge on any atom is -0.437 e. The van der Waals surface area contributed by atoms with Crippen molar-refractivity contribution < 1.29 is 9.53 Å². The standard InChI is InChI=1S/C22H18N4O3/c1-15-7-5-10-17-20(15)24-14-26(22(17)28)13-19(27)25-18-11-6-12-23-21(18)29-16-8-3-2-4-9-16/h2-12,14H,13H2,1H3,(H,25,27). The molecule has 0 saturated carbocycles. The molecule has 0 aliphatic heterocycles. The lowest BCUT2D eigenvalue weighted by molar-refractivity contribution is -0.116. The highest BCUT2D eigenvalue weighted by molar-refractivity contribution is 5.92. The molecule has 2 aromatic carbocycles. The lowest BCUT2D eigenvalue weighted by Crippen LogP contribution is -2.28. The van der Waals surface area contributed by atoms with E-state index in [0.717, 1.165) is 5.56 Å². The predicted molar refractivity (Wildman–Crippen MR) is 110 cm³/mol. The van der Waals surface area contributed by atoms with Crippen LogP contribution >= 0.6 is 0 Å². The summed E-state index contributed by atoms with van der Waals surface area (Å²) in [6.45, 7) is 1.72. The molecule has 0 saturated heterocycles. The third-order valence-electron chi connectivity index (χ3n) is 4.37. The van der Waals surface area contributed by atoms with Crippen molar-refractivity contribution >= 4 is 22.5 Å². The molecule has 1 amide bonds. The van der Waals surface area contributed by atoms with Crippen molar-refractivity contribution in [3.05, 3.63) is 89.1 Å². The molecule has 0 aliphatic carbocycles. The van der Waals surface area contributed by atoms with Gasteiger partial charge < -0.3 is 10.1 Å². The fourth-order valence-corrected chi connectivity index (χ4v) is 2.96. The molecule has 144 valence electrons. The molecule has 0 radical (unpaired) electrons. The number of carbonyl (C=O) groups is 1. The first-order chi connectivity index (χ1) is 14.1. The molecule has 0 spiro atoms. The Kier molecular flexibility index (Phi) is 5.03. The third kappa shape index (κ3) is 3.98. The Hall–Kier alpha value is -4.00. The molecule has 7 heteroatoms. The second-order valence-corrected chi connectivity index (χ2v) is 6.47. The van der Waals surface area contributed by atoms with Crippen LogP contribution in [0.1, 0.15) is 5.56 Å². The number of para-hydroxylation sites is 2. The molecule has 29 heavy (non-hydrogen) atoms. The van der Waals surface area contributed by atoms with E-state index in [2.05, 4.69) is 15.3 Å². The molecular weight excluding hydrogens is 368 g/mol. The van der Waals surface area contributed by atoms with Crippen LogP contribution in [0.3, 0.4) is 0 Å². The first kappa shape index (κ1) is 18.4. The number of aromatic nitrogens is 3. The van der Waals surface area contributed by atoms with Crippen molar-refractivity contribution in [3.63, 3.8) is 0 Å². The van der Waals surface area contributed by atoms with Gasteiger partial charge in [0.25, 0.3) is 5.56 Å². The van der Waals surface area contributed by atoms with Gasteiger partial charge in [-0.05, 0) is 42.8 Å². The lowest BCUT2D eigenvalue weighted by atomic mass is 10.1. The zero-order valence-electron chi connectivity index (χ0n) is 15.7. The zero-order chi connectivity index (χ0) is 20.2. The Balaban J connectivity index is 1.55. The fraction of sp³-hybridized carbons (Fsp3) is 0.0909. The number of hydrogen-bond donors (Lipinski definition) is 1. The summed E-state index contributed by atoms with van der Waals surface area (Å²) in [7, 11) is 0. The second kappa shape index (κ2) is 7.93. The Morgan fingerprint density at radius 1 is 1.03 bits per heavy atom. The van der Waals surface area contributed by atoms with Gasteiger partial charge in [0.05, 0.1) is 17.2 Å². The molecule has 2 heterocycles. The highest BCUT2D eigenvalue weighted by Gasteiger charge is 2.12. The fourth-order valence-electron chi connectivity index (χ4n) is 2.96. The van der Waals surface area contributed by atoms with Crippen LogP contribution in [-0.4, -0.2) is 20.4 Å². The normalized spacial score (nSPS) is 10.7. The summed E-state index contributed by atoms with van der Waals surface area (Å²) in [5, 5.41) is 3.23. The van der Waals surface area contributed by atoms with E-state index in [1.807, 2.05) is 31.2 Å². The number of amides is 1. The van der Waals surface area contributed by atoms with Gasteiger partial charge in [0, 0.05) is 6.20 Å². The molecule has 1 N–H and O–H groups in total. The molecule has 4 aromatic rings. The average molecular weight is 386 g/mol. The van der Waals surface area contributed by atoms with Crippen molar-refractivity contribution in [2.24, 2.45) is 0 Å². The molecule has 0 unspecified atom stereocenters.